The number of hydrogen-bond donors (Lipinski definition) is 2. The molecule has 2 rings (SSSR count). The molecule has 1 aromatic carbocycles. The fourth-order valence-electron chi connectivity index (χ4n) is 1.74. The van der Waals surface area contributed by atoms with Crippen LogP contribution >= 0.6 is 0 Å². The van der Waals surface area contributed by atoms with Crippen LogP contribution in [-0.4, -0.2) is 30.0 Å². The summed E-state index contributed by atoms with van der Waals surface area (Å²) in [4.78, 5) is 0. The van der Waals surface area contributed by atoms with E-state index in [0.29, 0.717) is 17.9 Å². The Hall–Kier alpha value is -1.26. The maximum absolute atomic E-state index is 9.84. The summed E-state index contributed by atoms with van der Waals surface area (Å²) < 4.78 is 10.6. The van der Waals surface area contributed by atoms with Crippen LogP contribution in [0.25, 0.3) is 0 Å². The second-order valence-electron chi connectivity index (χ2n) is 3.58. The van der Waals surface area contributed by atoms with Gasteiger partial charge in [0.15, 0.2) is 0 Å². The Morgan fingerprint density at radius 2 is 2.33 bits per heavy atom. The monoisotopic (exact) mass is 210 g/mol. The van der Waals surface area contributed by atoms with Crippen LogP contribution in [0.1, 0.15) is 18.1 Å². The zero-order chi connectivity index (χ0) is 10.8. The molecule has 0 fully saturated rings. The van der Waals surface area contributed by atoms with Crippen molar-refractivity contribution in [3.05, 3.63) is 23.8 Å². The SMILES string of the molecule is COc1ccc2c(c1)C(O)CC(CO)O2. The molecule has 1 aliphatic rings. The molecule has 82 valence electrons. The Bertz CT molecular complexity index is 350. The minimum absolute atomic E-state index is 0.0808. The van der Waals surface area contributed by atoms with Gasteiger partial charge in [-0.2, -0.15) is 0 Å². The van der Waals surface area contributed by atoms with Crippen LogP contribution in [-0.2, 0) is 0 Å². The van der Waals surface area contributed by atoms with Gasteiger partial charge in [-0.3, -0.25) is 0 Å². The lowest BCUT2D eigenvalue weighted by molar-refractivity contribution is 0.0331. The lowest BCUT2D eigenvalue weighted by atomic mass is 9.99. The number of benzene rings is 1. The molecule has 0 aliphatic carbocycles. The second kappa shape index (κ2) is 4.08. The molecule has 0 amide bonds. The van der Waals surface area contributed by atoms with E-state index in [-0.39, 0.29) is 12.7 Å². The van der Waals surface area contributed by atoms with Crippen LogP contribution in [0, 0.1) is 0 Å². The number of fused-ring (bicyclic) bond motifs is 1. The molecule has 0 radical (unpaired) electrons. The molecule has 4 heteroatoms. The molecule has 2 N–H and O–H groups in total. The van der Waals surface area contributed by atoms with E-state index in [9.17, 15) is 5.11 Å². The van der Waals surface area contributed by atoms with Gasteiger partial charge in [-0.25, -0.2) is 0 Å². The molecule has 4 nitrogen and oxygen atoms in total. The molecular weight excluding hydrogens is 196 g/mol. The maximum atomic E-state index is 9.84. The summed E-state index contributed by atoms with van der Waals surface area (Å²) >= 11 is 0. The molecule has 1 aromatic rings. The fraction of sp³-hybridized carbons (Fsp3) is 0.455. The Morgan fingerprint density at radius 1 is 1.53 bits per heavy atom. The van der Waals surface area contributed by atoms with Crippen molar-refractivity contribution in [2.45, 2.75) is 18.6 Å². The molecule has 2 unspecified atom stereocenters. The van der Waals surface area contributed by atoms with E-state index in [1.807, 2.05) is 0 Å². The minimum Gasteiger partial charge on any atom is -0.497 e. The smallest absolute Gasteiger partial charge is 0.125 e. The molecule has 15 heavy (non-hydrogen) atoms. The average molecular weight is 210 g/mol. The van der Waals surface area contributed by atoms with Crippen molar-refractivity contribution in [1.82, 2.24) is 0 Å². The molecule has 2 atom stereocenters. The van der Waals surface area contributed by atoms with E-state index >= 15 is 0 Å². The van der Waals surface area contributed by atoms with Gasteiger partial charge >= 0.3 is 0 Å². The van der Waals surface area contributed by atoms with Gasteiger partial charge in [-0.05, 0) is 18.2 Å². The van der Waals surface area contributed by atoms with Crippen LogP contribution in [0.3, 0.4) is 0 Å². The topological polar surface area (TPSA) is 58.9 Å². The first-order valence-electron chi connectivity index (χ1n) is 4.88. The van der Waals surface area contributed by atoms with Crippen LogP contribution in [0.4, 0.5) is 0 Å². The van der Waals surface area contributed by atoms with E-state index in [1.165, 1.54) is 0 Å². The quantitative estimate of drug-likeness (QED) is 0.760. The number of hydrogen-bond acceptors (Lipinski definition) is 4. The van der Waals surface area contributed by atoms with Gasteiger partial charge in [0.25, 0.3) is 0 Å². The summed E-state index contributed by atoms with van der Waals surface area (Å²) in [6.07, 6.45) is -0.502. The normalized spacial score (nSPS) is 24.2. The van der Waals surface area contributed by atoms with Gasteiger partial charge in [0.2, 0.25) is 0 Å². The summed E-state index contributed by atoms with van der Waals surface area (Å²) in [6, 6.07) is 5.28. The highest BCUT2D eigenvalue weighted by molar-refractivity contribution is 5.43. The first kappa shape index (κ1) is 10.3. The fourth-order valence-corrected chi connectivity index (χ4v) is 1.74. The molecule has 0 aromatic heterocycles. The Labute approximate surface area is 88.1 Å². The van der Waals surface area contributed by atoms with Gasteiger partial charge in [0.05, 0.1) is 19.8 Å². The summed E-state index contributed by atoms with van der Waals surface area (Å²) in [6.45, 7) is -0.0808. The van der Waals surface area contributed by atoms with E-state index in [4.69, 9.17) is 14.6 Å². The third-order valence-corrected chi connectivity index (χ3v) is 2.56. The van der Waals surface area contributed by atoms with Gasteiger partial charge in [-0.1, -0.05) is 0 Å². The van der Waals surface area contributed by atoms with Gasteiger partial charge in [0.1, 0.15) is 17.6 Å². The maximum Gasteiger partial charge on any atom is 0.125 e. The third kappa shape index (κ3) is 1.91. The first-order valence-corrected chi connectivity index (χ1v) is 4.88. The minimum atomic E-state index is -0.596. The molecule has 1 aliphatic heterocycles. The van der Waals surface area contributed by atoms with E-state index in [0.717, 1.165) is 5.56 Å². The van der Waals surface area contributed by atoms with E-state index in [1.54, 1.807) is 25.3 Å². The Kier molecular flexibility index (Phi) is 2.79. The standard InChI is InChI=1S/C11H14O4/c1-14-7-2-3-11-9(4-7)10(13)5-8(6-12)15-11/h2-4,8,10,12-13H,5-6H2,1H3. The zero-order valence-corrected chi connectivity index (χ0v) is 8.51. The summed E-state index contributed by atoms with van der Waals surface area (Å²) in [5.41, 5.74) is 0.721. The Morgan fingerprint density at radius 3 is 3.00 bits per heavy atom. The van der Waals surface area contributed by atoms with Crippen LogP contribution in [0.5, 0.6) is 11.5 Å². The lowest BCUT2D eigenvalue weighted by Gasteiger charge is -2.28. The van der Waals surface area contributed by atoms with E-state index in [2.05, 4.69) is 0 Å². The van der Waals surface area contributed by atoms with Crippen LogP contribution < -0.4 is 9.47 Å². The third-order valence-electron chi connectivity index (χ3n) is 2.56. The van der Waals surface area contributed by atoms with Crippen molar-refractivity contribution in [3.8, 4) is 11.5 Å². The van der Waals surface area contributed by atoms with Crippen LogP contribution in [0.2, 0.25) is 0 Å². The zero-order valence-electron chi connectivity index (χ0n) is 8.51. The molecule has 0 saturated carbocycles. The van der Waals surface area contributed by atoms with Gasteiger partial charge in [-0.15, -0.1) is 0 Å². The highest BCUT2D eigenvalue weighted by Gasteiger charge is 2.26. The lowest BCUT2D eigenvalue weighted by Crippen LogP contribution is -2.28. The van der Waals surface area contributed by atoms with Crippen molar-refractivity contribution in [1.29, 1.82) is 0 Å². The number of rotatable bonds is 2. The van der Waals surface area contributed by atoms with Crippen molar-refractivity contribution < 1.29 is 19.7 Å². The molecular formula is C11H14O4. The number of ether oxygens (including phenoxy) is 2. The number of aliphatic hydroxyl groups excluding tert-OH is 2. The van der Waals surface area contributed by atoms with Crippen LogP contribution in [0.15, 0.2) is 18.2 Å². The molecule has 1 heterocycles. The van der Waals surface area contributed by atoms with Crippen molar-refractivity contribution in [2.24, 2.45) is 0 Å². The molecule has 0 spiro atoms. The van der Waals surface area contributed by atoms with Crippen molar-refractivity contribution in [3.63, 3.8) is 0 Å². The predicted molar refractivity (Wildman–Crippen MR) is 54.1 cm³/mol. The summed E-state index contributed by atoms with van der Waals surface area (Å²) in [5, 5.41) is 18.8. The molecule has 0 bridgehead atoms. The predicted octanol–water partition coefficient (Wildman–Crippen LogP) is 0.872. The first-order chi connectivity index (χ1) is 7.24. The van der Waals surface area contributed by atoms with E-state index < -0.39 is 6.10 Å². The average Bonchev–Trinajstić information content (AvgIpc) is 2.28. The second-order valence-corrected chi connectivity index (χ2v) is 3.58. The molecule has 0 saturated heterocycles. The van der Waals surface area contributed by atoms with Crippen molar-refractivity contribution >= 4 is 0 Å². The highest BCUT2D eigenvalue weighted by atomic mass is 16.5. The summed E-state index contributed by atoms with van der Waals surface area (Å²) in [5.74, 6) is 1.31. The van der Waals surface area contributed by atoms with Gasteiger partial charge in [0, 0.05) is 12.0 Å². The number of methoxy groups -OCH3 is 1. The number of aliphatic hydroxyl groups is 2. The largest absolute Gasteiger partial charge is 0.497 e. The van der Waals surface area contributed by atoms with Crippen molar-refractivity contribution in [2.75, 3.05) is 13.7 Å². The highest BCUT2D eigenvalue weighted by Crippen LogP contribution is 2.36. The summed E-state index contributed by atoms with van der Waals surface area (Å²) in [7, 11) is 1.58. The Balaban J connectivity index is 2.32. The van der Waals surface area contributed by atoms with Gasteiger partial charge < -0.3 is 19.7 Å².